The standard InChI is InChI=1S/C8H8F3N3O2/c1-13(14(16)12-15)7-4-2-6(3-5-7)8(9,10)11/h2-5,16H,1H3/p+1. The normalized spacial score (nSPS) is 12.6. The van der Waals surface area contributed by atoms with Gasteiger partial charge in [0.05, 0.1) is 12.6 Å². The van der Waals surface area contributed by atoms with E-state index in [9.17, 15) is 13.2 Å². The Balaban J connectivity index is 2.96. The minimum Gasteiger partial charge on any atom is -0.357 e. The highest BCUT2D eigenvalue weighted by molar-refractivity contribution is 5.44. The molecule has 0 unspecified atom stereocenters. The van der Waals surface area contributed by atoms with Gasteiger partial charge in [-0.25, -0.2) is 5.21 Å². The van der Waals surface area contributed by atoms with Gasteiger partial charge in [-0.05, 0) is 24.3 Å². The second kappa shape index (κ2) is 4.25. The molecule has 0 aliphatic carbocycles. The molecular weight excluding hydrogens is 227 g/mol. The molecule has 0 amide bonds. The second-order valence-electron chi connectivity index (χ2n) is 2.93. The molecular formula is C8H9F3N3O2+. The lowest BCUT2D eigenvalue weighted by atomic mass is 10.2. The van der Waals surface area contributed by atoms with Crippen molar-refractivity contribution >= 4 is 5.69 Å². The smallest absolute Gasteiger partial charge is 0.357 e. The Labute approximate surface area is 88.5 Å². The van der Waals surface area contributed by atoms with Crippen LogP contribution in [-0.2, 0) is 6.18 Å². The number of alkyl halides is 3. The van der Waals surface area contributed by atoms with Crippen molar-refractivity contribution in [3.05, 3.63) is 29.8 Å². The highest BCUT2D eigenvalue weighted by Gasteiger charge is 2.30. The molecule has 0 aliphatic heterocycles. The van der Waals surface area contributed by atoms with Crippen molar-refractivity contribution in [1.29, 1.82) is 0 Å². The van der Waals surface area contributed by atoms with Crippen molar-refractivity contribution in [3.63, 3.8) is 0 Å². The van der Waals surface area contributed by atoms with Crippen LogP contribution in [0, 0.1) is 0 Å². The monoisotopic (exact) mass is 236 g/mol. The van der Waals surface area contributed by atoms with Crippen molar-refractivity contribution in [2.24, 2.45) is 5.28 Å². The third kappa shape index (κ3) is 2.53. The fraction of sp³-hybridized carbons (Fsp3) is 0.250. The summed E-state index contributed by atoms with van der Waals surface area (Å²) < 4.78 is 36.6. The number of benzene rings is 1. The average Bonchev–Trinajstić information content (AvgIpc) is 2.26. The molecule has 0 saturated carbocycles. The summed E-state index contributed by atoms with van der Waals surface area (Å²) in [7, 11) is 1.31. The number of hydrazine groups is 1. The molecule has 1 rings (SSSR count). The van der Waals surface area contributed by atoms with Gasteiger partial charge in [0.25, 0.3) is 10.2 Å². The number of rotatable bonds is 2. The fourth-order valence-electron chi connectivity index (χ4n) is 1.03. The molecule has 8 heteroatoms. The summed E-state index contributed by atoms with van der Waals surface area (Å²) in [5.74, 6) is 0. The summed E-state index contributed by atoms with van der Waals surface area (Å²) >= 11 is 0. The van der Waals surface area contributed by atoms with E-state index in [1.54, 1.807) is 0 Å². The second-order valence-corrected chi connectivity index (χ2v) is 2.93. The summed E-state index contributed by atoms with van der Waals surface area (Å²) in [5, 5.41) is 20.5. The first kappa shape index (κ1) is 12.1. The van der Waals surface area contributed by atoms with Gasteiger partial charge in [0.1, 0.15) is 5.69 Å². The maximum Gasteiger partial charge on any atom is 0.416 e. The largest absolute Gasteiger partial charge is 0.416 e. The van der Waals surface area contributed by atoms with Crippen LogP contribution < -0.4 is 5.01 Å². The van der Waals surface area contributed by atoms with E-state index in [4.69, 9.17) is 10.4 Å². The van der Waals surface area contributed by atoms with Gasteiger partial charge >= 0.3 is 6.18 Å². The molecule has 0 saturated heterocycles. The zero-order chi connectivity index (χ0) is 12.3. The van der Waals surface area contributed by atoms with Crippen LogP contribution in [0.3, 0.4) is 0 Å². The Morgan fingerprint density at radius 1 is 1.25 bits per heavy atom. The van der Waals surface area contributed by atoms with Crippen LogP contribution in [0.15, 0.2) is 29.5 Å². The highest BCUT2D eigenvalue weighted by atomic mass is 19.4. The molecule has 0 spiro atoms. The zero-order valence-electron chi connectivity index (χ0n) is 8.18. The lowest BCUT2D eigenvalue weighted by Crippen LogP contribution is -2.27. The molecule has 5 nitrogen and oxygen atoms in total. The summed E-state index contributed by atoms with van der Waals surface area (Å²) in [6.45, 7) is 0. The van der Waals surface area contributed by atoms with Crippen molar-refractivity contribution in [2.75, 3.05) is 12.1 Å². The van der Waals surface area contributed by atoms with E-state index in [0.29, 0.717) is 0 Å². The van der Waals surface area contributed by atoms with Crippen LogP contribution in [0.4, 0.5) is 18.9 Å². The summed E-state index contributed by atoms with van der Waals surface area (Å²) in [6.07, 6.45) is -4.41. The Hall–Kier alpha value is -1.99. The third-order valence-electron chi connectivity index (χ3n) is 1.92. The molecule has 0 radical (unpaired) electrons. The maximum atomic E-state index is 12.2. The van der Waals surface area contributed by atoms with Gasteiger partial charge in [0, 0.05) is 0 Å². The lowest BCUT2D eigenvalue weighted by Gasteiger charge is -2.09. The quantitative estimate of drug-likeness (QED) is 0.470. The van der Waals surface area contributed by atoms with Crippen molar-refractivity contribution < 1.29 is 28.6 Å². The molecule has 88 valence electrons. The number of halogens is 3. The van der Waals surface area contributed by atoms with E-state index in [-0.39, 0.29) is 10.7 Å². The Bertz CT molecular complexity index is 389. The van der Waals surface area contributed by atoms with Crippen LogP contribution in [0.5, 0.6) is 0 Å². The van der Waals surface area contributed by atoms with E-state index in [0.717, 1.165) is 29.3 Å². The van der Waals surface area contributed by atoms with Crippen molar-refractivity contribution in [2.45, 2.75) is 6.18 Å². The van der Waals surface area contributed by atoms with Crippen LogP contribution >= 0.6 is 0 Å². The SMILES string of the molecule is CN(c1ccc(C(F)(F)F)cc1)[N+](O)=NO. The summed E-state index contributed by atoms with van der Waals surface area (Å²) in [4.78, 5) is 0.0859. The van der Waals surface area contributed by atoms with Crippen LogP contribution in [0.2, 0.25) is 0 Å². The van der Waals surface area contributed by atoms with Gasteiger partial charge in [-0.15, -0.1) is 0 Å². The van der Waals surface area contributed by atoms with Gasteiger partial charge in [-0.3, -0.25) is 0 Å². The van der Waals surface area contributed by atoms with Crippen molar-refractivity contribution in [1.82, 2.24) is 0 Å². The summed E-state index contributed by atoms with van der Waals surface area (Å²) in [6, 6.07) is 3.99. The zero-order valence-corrected chi connectivity index (χ0v) is 8.18. The van der Waals surface area contributed by atoms with Gasteiger partial charge in [0.15, 0.2) is 0 Å². The molecule has 0 bridgehead atoms. The molecule has 0 fully saturated rings. The maximum absolute atomic E-state index is 12.2. The predicted octanol–water partition coefficient (Wildman–Crippen LogP) is 2.30. The molecule has 0 atom stereocenters. The highest BCUT2D eigenvalue weighted by Crippen LogP contribution is 2.30. The van der Waals surface area contributed by atoms with Gasteiger partial charge in [0.2, 0.25) is 0 Å². The van der Waals surface area contributed by atoms with E-state index >= 15 is 0 Å². The first-order chi connectivity index (χ1) is 7.36. The summed E-state index contributed by atoms with van der Waals surface area (Å²) in [5.41, 5.74) is -0.566. The molecule has 16 heavy (non-hydrogen) atoms. The molecule has 1 aromatic carbocycles. The number of anilines is 1. The average molecular weight is 236 g/mol. The van der Waals surface area contributed by atoms with E-state index in [2.05, 4.69) is 5.28 Å². The topological polar surface area (TPSA) is 59.1 Å². The molecule has 1 aromatic rings. The van der Waals surface area contributed by atoms with Crippen LogP contribution in [0.1, 0.15) is 5.56 Å². The van der Waals surface area contributed by atoms with Gasteiger partial charge < -0.3 is 5.21 Å². The first-order valence-electron chi connectivity index (χ1n) is 4.11. The molecule has 2 N–H and O–H groups in total. The van der Waals surface area contributed by atoms with Gasteiger partial charge in [-0.2, -0.15) is 13.2 Å². The molecule has 0 aromatic heterocycles. The van der Waals surface area contributed by atoms with Crippen LogP contribution in [0.25, 0.3) is 0 Å². The molecule has 0 heterocycles. The number of nitrogens with zero attached hydrogens (tertiary/aromatic N) is 3. The Morgan fingerprint density at radius 3 is 2.12 bits per heavy atom. The fourth-order valence-corrected chi connectivity index (χ4v) is 1.03. The van der Waals surface area contributed by atoms with Crippen molar-refractivity contribution in [3.8, 4) is 0 Å². The minimum atomic E-state index is -4.41. The number of hydrogen-bond donors (Lipinski definition) is 2. The number of hydrogen-bond acceptors (Lipinski definition) is 1. The third-order valence-corrected chi connectivity index (χ3v) is 1.92. The molecule has 0 aliphatic rings. The Morgan fingerprint density at radius 2 is 1.75 bits per heavy atom. The first-order valence-corrected chi connectivity index (χ1v) is 4.11. The van der Waals surface area contributed by atoms with Crippen LogP contribution in [-0.4, -0.2) is 22.4 Å². The van der Waals surface area contributed by atoms with E-state index in [1.165, 1.54) is 7.05 Å². The minimum absolute atomic E-state index is 0.0859. The van der Waals surface area contributed by atoms with E-state index in [1.807, 2.05) is 0 Å². The predicted molar refractivity (Wildman–Crippen MR) is 46.1 cm³/mol. The van der Waals surface area contributed by atoms with Gasteiger partial charge in [-0.1, -0.05) is 5.01 Å². The lowest BCUT2D eigenvalue weighted by molar-refractivity contribution is -0.842. The Kier molecular flexibility index (Phi) is 3.21. The van der Waals surface area contributed by atoms with E-state index < -0.39 is 11.7 Å².